The largest absolute Gasteiger partial charge is 0.308 e. The van der Waals surface area contributed by atoms with Crippen molar-refractivity contribution in [1.29, 1.82) is 0 Å². The molecule has 21 heavy (non-hydrogen) atoms. The van der Waals surface area contributed by atoms with Gasteiger partial charge in [0.1, 0.15) is 11.0 Å². The number of benzene rings is 1. The lowest BCUT2D eigenvalue weighted by Gasteiger charge is -2.31. The molecule has 0 unspecified atom stereocenters. The standard InChI is InChI=1S/C16H14ClFN2O/c1-10-7-13(18)8-11-3-2-6-20(15(10)11)16(21)12-4-5-14(17)19-9-12/h4-5,7-9H,2-3,6H2,1H3. The molecule has 5 heteroatoms. The number of fused-ring (bicyclic) bond motifs is 1. The van der Waals surface area contributed by atoms with Gasteiger partial charge in [-0.2, -0.15) is 0 Å². The first-order chi connectivity index (χ1) is 10.1. The molecule has 1 aliphatic rings. The average Bonchev–Trinajstić information content (AvgIpc) is 2.46. The van der Waals surface area contributed by atoms with E-state index in [0.29, 0.717) is 17.3 Å². The van der Waals surface area contributed by atoms with Crippen LogP contribution in [0.25, 0.3) is 0 Å². The number of carbonyl (C=O) groups excluding carboxylic acids is 1. The van der Waals surface area contributed by atoms with Gasteiger partial charge in [-0.05, 0) is 55.2 Å². The van der Waals surface area contributed by atoms with Crippen LogP contribution in [0.1, 0.15) is 27.9 Å². The summed E-state index contributed by atoms with van der Waals surface area (Å²) < 4.78 is 13.5. The fraction of sp³-hybridized carbons (Fsp3) is 0.250. The maximum absolute atomic E-state index is 13.5. The van der Waals surface area contributed by atoms with Crippen LogP contribution in [-0.2, 0) is 6.42 Å². The van der Waals surface area contributed by atoms with Crippen molar-refractivity contribution in [3.8, 4) is 0 Å². The molecule has 0 saturated carbocycles. The highest BCUT2D eigenvalue weighted by molar-refractivity contribution is 6.29. The van der Waals surface area contributed by atoms with Gasteiger partial charge in [0.05, 0.1) is 11.3 Å². The Labute approximate surface area is 127 Å². The normalized spacial score (nSPS) is 14.0. The molecule has 0 aliphatic carbocycles. The highest BCUT2D eigenvalue weighted by Crippen LogP contribution is 2.32. The number of anilines is 1. The maximum Gasteiger partial charge on any atom is 0.259 e. The number of carbonyl (C=O) groups is 1. The van der Waals surface area contributed by atoms with E-state index in [1.807, 2.05) is 6.92 Å². The van der Waals surface area contributed by atoms with Crippen LogP contribution in [-0.4, -0.2) is 17.4 Å². The van der Waals surface area contributed by atoms with Gasteiger partial charge in [-0.15, -0.1) is 0 Å². The minimum Gasteiger partial charge on any atom is -0.308 e. The molecule has 1 aromatic heterocycles. The lowest BCUT2D eigenvalue weighted by Crippen LogP contribution is -2.36. The van der Waals surface area contributed by atoms with E-state index in [1.54, 1.807) is 17.0 Å². The molecule has 2 aromatic rings. The van der Waals surface area contributed by atoms with Gasteiger partial charge in [0.25, 0.3) is 5.91 Å². The summed E-state index contributed by atoms with van der Waals surface area (Å²) in [6.07, 6.45) is 3.08. The van der Waals surface area contributed by atoms with E-state index in [0.717, 1.165) is 29.7 Å². The topological polar surface area (TPSA) is 33.2 Å². The SMILES string of the molecule is Cc1cc(F)cc2c1N(C(=O)c1ccc(Cl)nc1)CCC2. The number of nitrogens with zero attached hydrogens (tertiary/aromatic N) is 2. The second-order valence-corrected chi connectivity index (χ2v) is 5.55. The number of hydrogen-bond donors (Lipinski definition) is 0. The summed E-state index contributed by atoms with van der Waals surface area (Å²) in [5.41, 5.74) is 2.97. The van der Waals surface area contributed by atoms with E-state index >= 15 is 0 Å². The Hall–Kier alpha value is -1.94. The zero-order valence-corrected chi connectivity index (χ0v) is 12.3. The third kappa shape index (κ3) is 2.63. The lowest BCUT2D eigenvalue weighted by molar-refractivity contribution is 0.0984. The van der Waals surface area contributed by atoms with Gasteiger partial charge < -0.3 is 4.90 Å². The number of pyridine rings is 1. The Morgan fingerprint density at radius 2 is 2.19 bits per heavy atom. The molecule has 0 N–H and O–H groups in total. The first-order valence-corrected chi connectivity index (χ1v) is 7.16. The number of aryl methyl sites for hydroxylation is 2. The summed E-state index contributed by atoms with van der Waals surface area (Å²) >= 11 is 5.75. The van der Waals surface area contributed by atoms with Crippen LogP contribution in [0.3, 0.4) is 0 Å². The summed E-state index contributed by atoms with van der Waals surface area (Å²) in [7, 11) is 0. The molecule has 0 bridgehead atoms. The van der Waals surface area contributed by atoms with Gasteiger partial charge in [0.2, 0.25) is 0 Å². The fourth-order valence-electron chi connectivity index (χ4n) is 2.78. The molecule has 3 nitrogen and oxygen atoms in total. The van der Waals surface area contributed by atoms with E-state index in [1.165, 1.54) is 18.3 Å². The maximum atomic E-state index is 13.5. The van der Waals surface area contributed by atoms with E-state index in [-0.39, 0.29) is 11.7 Å². The quantitative estimate of drug-likeness (QED) is 0.751. The van der Waals surface area contributed by atoms with Gasteiger partial charge in [-0.1, -0.05) is 11.6 Å². The number of aromatic nitrogens is 1. The number of amides is 1. The third-order valence-electron chi connectivity index (χ3n) is 3.66. The molecule has 0 fully saturated rings. The van der Waals surface area contributed by atoms with Crippen LogP contribution < -0.4 is 4.90 Å². The van der Waals surface area contributed by atoms with Gasteiger partial charge in [0.15, 0.2) is 0 Å². The lowest BCUT2D eigenvalue weighted by atomic mass is 9.97. The average molecular weight is 305 g/mol. The van der Waals surface area contributed by atoms with Crippen molar-refractivity contribution in [3.05, 3.63) is 58.1 Å². The minimum atomic E-state index is -0.256. The monoisotopic (exact) mass is 304 g/mol. The van der Waals surface area contributed by atoms with E-state index in [4.69, 9.17) is 11.6 Å². The first kappa shape index (κ1) is 14.0. The Morgan fingerprint density at radius 1 is 1.38 bits per heavy atom. The molecule has 0 radical (unpaired) electrons. The first-order valence-electron chi connectivity index (χ1n) is 6.78. The summed E-state index contributed by atoms with van der Waals surface area (Å²) in [6.45, 7) is 2.45. The number of halogens is 2. The van der Waals surface area contributed by atoms with E-state index in [9.17, 15) is 9.18 Å². The van der Waals surface area contributed by atoms with Crippen LogP contribution in [0.4, 0.5) is 10.1 Å². The van der Waals surface area contributed by atoms with Crippen molar-refractivity contribution in [2.24, 2.45) is 0 Å². The summed E-state index contributed by atoms with van der Waals surface area (Å²) in [5, 5.41) is 0.351. The number of hydrogen-bond acceptors (Lipinski definition) is 2. The smallest absolute Gasteiger partial charge is 0.259 e. The van der Waals surface area contributed by atoms with Crippen LogP contribution in [0.5, 0.6) is 0 Å². The van der Waals surface area contributed by atoms with Crippen molar-refractivity contribution in [2.75, 3.05) is 11.4 Å². The van der Waals surface area contributed by atoms with Crippen LogP contribution >= 0.6 is 11.6 Å². The minimum absolute atomic E-state index is 0.130. The van der Waals surface area contributed by atoms with Crippen LogP contribution in [0.15, 0.2) is 30.5 Å². The summed E-state index contributed by atoms with van der Waals surface area (Å²) in [6, 6.07) is 6.23. The predicted octanol–water partition coefficient (Wildman–Crippen LogP) is 3.78. The molecule has 0 spiro atoms. The van der Waals surface area contributed by atoms with Gasteiger partial charge in [-0.3, -0.25) is 4.79 Å². The molecule has 108 valence electrons. The van der Waals surface area contributed by atoms with Crippen molar-refractivity contribution in [2.45, 2.75) is 19.8 Å². The molecule has 1 amide bonds. The van der Waals surface area contributed by atoms with Crippen molar-refractivity contribution >= 4 is 23.2 Å². The molecule has 0 atom stereocenters. The zero-order chi connectivity index (χ0) is 15.0. The van der Waals surface area contributed by atoms with E-state index < -0.39 is 0 Å². The Kier molecular flexibility index (Phi) is 3.64. The highest BCUT2D eigenvalue weighted by atomic mass is 35.5. The third-order valence-corrected chi connectivity index (χ3v) is 3.89. The molecule has 0 saturated heterocycles. The fourth-order valence-corrected chi connectivity index (χ4v) is 2.89. The zero-order valence-electron chi connectivity index (χ0n) is 11.6. The summed E-state index contributed by atoms with van der Waals surface area (Å²) in [4.78, 5) is 18.3. The molecule has 2 heterocycles. The Balaban J connectivity index is 2.02. The van der Waals surface area contributed by atoms with Crippen LogP contribution in [0, 0.1) is 12.7 Å². The van der Waals surface area contributed by atoms with Gasteiger partial charge in [0, 0.05) is 12.7 Å². The second-order valence-electron chi connectivity index (χ2n) is 5.16. The number of rotatable bonds is 1. The highest BCUT2D eigenvalue weighted by Gasteiger charge is 2.25. The van der Waals surface area contributed by atoms with E-state index in [2.05, 4.69) is 4.98 Å². The van der Waals surface area contributed by atoms with Gasteiger partial charge >= 0.3 is 0 Å². The summed E-state index contributed by atoms with van der Waals surface area (Å²) in [5.74, 6) is -0.386. The Morgan fingerprint density at radius 3 is 2.90 bits per heavy atom. The molecule has 3 rings (SSSR count). The van der Waals surface area contributed by atoms with Crippen molar-refractivity contribution < 1.29 is 9.18 Å². The molecule has 1 aromatic carbocycles. The van der Waals surface area contributed by atoms with Crippen LogP contribution in [0.2, 0.25) is 5.15 Å². The molecular formula is C16H14ClFN2O. The van der Waals surface area contributed by atoms with Crippen molar-refractivity contribution in [3.63, 3.8) is 0 Å². The van der Waals surface area contributed by atoms with Gasteiger partial charge in [-0.25, -0.2) is 9.37 Å². The Bertz CT molecular complexity index is 700. The second kappa shape index (κ2) is 5.45. The van der Waals surface area contributed by atoms with Crippen molar-refractivity contribution in [1.82, 2.24) is 4.98 Å². The predicted molar refractivity (Wildman–Crippen MR) is 80.4 cm³/mol. The molecular weight excluding hydrogens is 291 g/mol. The molecule has 1 aliphatic heterocycles.